The molecule has 1 aliphatic heterocycles. The van der Waals surface area contributed by atoms with Crippen LogP contribution >= 0.6 is 0 Å². The van der Waals surface area contributed by atoms with Gasteiger partial charge in [-0.15, -0.1) is 0 Å². The van der Waals surface area contributed by atoms with E-state index in [1.165, 1.54) is 0 Å². The number of nitrogens with zero attached hydrogens (tertiary/aromatic N) is 2. The zero-order valence-corrected chi connectivity index (χ0v) is 14.8. The van der Waals surface area contributed by atoms with Crippen LogP contribution in [0.15, 0.2) is 42.5 Å². The van der Waals surface area contributed by atoms with Crippen molar-refractivity contribution in [2.75, 3.05) is 26.2 Å². The van der Waals surface area contributed by atoms with E-state index in [9.17, 15) is 4.79 Å². The lowest BCUT2D eigenvalue weighted by atomic mass is 10.0. The minimum absolute atomic E-state index is 0.123. The maximum atomic E-state index is 12.7. The van der Waals surface area contributed by atoms with Crippen LogP contribution in [0.25, 0.3) is 23.1 Å². The first-order valence-corrected chi connectivity index (χ1v) is 8.94. The van der Waals surface area contributed by atoms with Crippen molar-refractivity contribution in [1.82, 2.24) is 20.4 Å². The van der Waals surface area contributed by atoms with Crippen LogP contribution in [0, 0.1) is 6.92 Å². The molecule has 1 fully saturated rings. The van der Waals surface area contributed by atoms with Gasteiger partial charge in [-0.1, -0.05) is 36.4 Å². The second-order valence-corrected chi connectivity index (χ2v) is 6.60. The zero-order chi connectivity index (χ0) is 17.9. The number of piperazine rings is 1. The van der Waals surface area contributed by atoms with E-state index in [2.05, 4.69) is 27.6 Å². The van der Waals surface area contributed by atoms with Gasteiger partial charge in [-0.2, -0.15) is 5.10 Å². The Bertz CT molecular complexity index is 967. The second-order valence-electron chi connectivity index (χ2n) is 6.60. The van der Waals surface area contributed by atoms with Gasteiger partial charge in [-0.25, -0.2) is 0 Å². The molecule has 1 aromatic heterocycles. The number of H-pyrrole nitrogens is 1. The molecule has 0 spiro atoms. The largest absolute Gasteiger partial charge is 0.336 e. The summed E-state index contributed by atoms with van der Waals surface area (Å²) in [6, 6.07) is 14.1. The number of hydrogen-bond acceptors (Lipinski definition) is 3. The number of amides is 1. The fourth-order valence-corrected chi connectivity index (χ4v) is 3.36. The van der Waals surface area contributed by atoms with E-state index >= 15 is 0 Å². The Morgan fingerprint density at radius 2 is 1.92 bits per heavy atom. The predicted molar refractivity (Wildman–Crippen MR) is 105 cm³/mol. The number of para-hydroxylation sites is 1. The van der Waals surface area contributed by atoms with Gasteiger partial charge in [0.05, 0.1) is 11.2 Å². The number of nitrogens with one attached hydrogen (secondary N) is 2. The summed E-state index contributed by atoms with van der Waals surface area (Å²) in [5.41, 5.74) is 4.79. The molecule has 1 aliphatic rings. The standard InChI is InChI=1S/C21H22N4O/c1-15-14-16(6-8-17(15)21(26)25-12-10-22-11-13-25)7-9-20-18-4-2-3-5-19(18)23-24-20/h2-9,14,22H,10-13H2,1H3,(H,23,24)/b9-7+. The van der Waals surface area contributed by atoms with Crippen LogP contribution in [0.4, 0.5) is 0 Å². The van der Waals surface area contributed by atoms with Gasteiger partial charge < -0.3 is 10.2 Å². The molecule has 0 bridgehead atoms. The lowest BCUT2D eigenvalue weighted by Gasteiger charge is -2.28. The molecule has 0 atom stereocenters. The third kappa shape index (κ3) is 3.26. The summed E-state index contributed by atoms with van der Waals surface area (Å²) in [4.78, 5) is 14.6. The van der Waals surface area contributed by atoms with Crippen LogP contribution in [0.2, 0.25) is 0 Å². The van der Waals surface area contributed by atoms with Crippen molar-refractivity contribution in [3.8, 4) is 0 Å². The third-order valence-corrected chi connectivity index (χ3v) is 4.82. The Balaban J connectivity index is 1.55. The molecule has 1 amide bonds. The predicted octanol–water partition coefficient (Wildman–Crippen LogP) is 3.09. The Morgan fingerprint density at radius 1 is 1.12 bits per heavy atom. The van der Waals surface area contributed by atoms with E-state index in [1.54, 1.807) is 0 Å². The summed E-state index contributed by atoms with van der Waals surface area (Å²) in [6.07, 6.45) is 4.04. The van der Waals surface area contributed by atoms with Gasteiger partial charge in [0.2, 0.25) is 0 Å². The Hall–Kier alpha value is -2.92. The molecule has 0 saturated carbocycles. The fourth-order valence-electron chi connectivity index (χ4n) is 3.36. The Labute approximate surface area is 152 Å². The van der Waals surface area contributed by atoms with Crippen molar-refractivity contribution in [1.29, 1.82) is 0 Å². The summed E-state index contributed by atoms with van der Waals surface area (Å²) >= 11 is 0. The van der Waals surface area contributed by atoms with Crippen molar-refractivity contribution < 1.29 is 4.79 Å². The van der Waals surface area contributed by atoms with Gasteiger partial charge in [0, 0.05) is 37.1 Å². The fraction of sp³-hybridized carbons (Fsp3) is 0.238. The lowest BCUT2D eigenvalue weighted by molar-refractivity contribution is 0.0735. The number of rotatable bonds is 3. The van der Waals surface area contributed by atoms with Crippen molar-refractivity contribution in [3.05, 3.63) is 64.8 Å². The Kier molecular flexibility index (Phi) is 4.54. The number of benzene rings is 2. The third-order valence-electron chi connectivity index (χ3n) is 4.82. The van der Waals surface area contributed by atoms with Crippen LogP contribution in [0.1, 0.15) is 27.2 Å². The number of carbonyl (C=O) groups excluding carboxylic acids is 1. The van der Waals surface area contributed by atoms with E-state index in [-0.39, 0.29) is 5.91 Å². The van der Waals surface area contributed by atoms with Gasteiger partial charge in [0.15, 0.2) is 0 Å². The first-order valence-electron chi connectivity index (χ1n) is 8.94. The van der Waals surface area contributed by atoms with E-state index in [0.29, 0.717) is 0 Å². The SMILES string of the molecule is Cc1cc(/C=C/c2n[nH]c3ccccc23)ccc1C(=O)N1CCNCC1. The number of hydrogen-bond donors (Lipinski definition) is 2. The van der Waals surface area contributed by atoms with Crippen molar-refractivity contribution in [2.45, 2.75) is 6.92 Å². The summed E-state index contributed by atoms with van der Waals surface area (Å²) in [7, 11) is 0. The highest BCUT2D eigenvalue weighted by molar-refractivity contribution is 5.96. The molecular formula is C21H22N4O. The molecule has 0 aliphatic carbocycles. The maximum absolute atomic E-state index is 12.7. The maximum Gasteiger partial charge on any atom is 0.254 e. The summed E-state index contributed by atoms with van der Waals surface area (Å²) in [5, 5.41) is 11.8. The first kappa shape index (κ1) is 16.5. The molecular weight excluding hydrogens is 324 g/mol. The van der Waals surface area contributed by atoms with Crippen LogP contribution in [0.5, 0.6) is 0 Å². The van der Waals surface area contributed by atoms with Crippen molar-refractivity contribution >= 4 is 29.0 Å². The van der Waals surface area contributed by atoms with Crippen LogP contribution in [0.3, 0.4) is 0 Å². The average molecular weight is 346 g/mol. The van der Waals surface area contributed by atoms with Crippen LogP contribution in [-0.2, 0) is 0 Å². The molecule has 4 rings (SSSR count). The summed E-state index contributed by atoms with van der Waals surface area (Å²) in [5.74, 6) is 0.123. The highest BCUT2D eigenvalue weighted by Crippen LogP contribution is 2.19. The molecule has 26 heavy (non-hydrogen) atoms. The highest BCUT2D eigenvalue weighted by Gasteiger charge is 2.19. The molecule has 2 aromatic carbocycles. The Morgan fingerprint density at radius 3 is 2.73 bits per heavy atom. The molecule has 2 N–H and O–H groups in total. The number of aromatic amines is 1. The monoisotopic (exact) mass is 346 g/mol. The van der Waals surface area contributed by atoms with Gasteiger partial charge in [-0.3, -0.25) is 9.89 Å². The van der Waals surface area contributed by atoms with E-state index in [0.717, 1.165) is 59.5 Å². The molecule has 0 radical (unpaired) electrons. The minimum atomic E-state index is 0.123. The zero-order valence-electron chi connectivity index (χ0n) is 14.8. The highest BCUT2D eigenvalue weighted by atomic mass is 16.2. The van der Waals surface area contributed by atoms with Gasteiger partial charge in [0.1, 0.15) is 0 Å². The molecule has 2 heterocycles. The molecule has 5 nitrogen and oxygen atoms in total. The van der Waals surface area contributed by atoms with E-state index in [1.807, 2.05) is 54.3 Å². The van der Waals surface area contributed by atoms with Crippen molar-refractivity contribution in [3.63, 3.8) is 0 Å². The summed E-state index contributed by atoms with van der Waals surface area (Å²) in [6.45, 7) is 5.27. The average Bonchev–Trinajstić information content (AvgIpc) is 3.10. The quantitative estimate of drug-likeness (QED) is 0.766. The molecule has 0 unspecified atom stereocenters. The first-order chi connectivity index (χ1) is 12.7. The van der Waals surface area contributed by atoms with E-state index in [4.69, 9.17) is 0 Å². The minimum Gasteiger partial charge on any atom is -0.336 e. The molecule has 132 valence electrons. The topological polar surface area (TPSA) is 61.0 Å². The normalized spacial score (nSPS) is 15.0. The summed E-state index contributed by atoms with van der Waals surface area (Å²) < 4.78 is 0. The van der Waals surface area contributed by atoms with E-state index < -0.39 is 0 Å². The molecule has 3 aromatic rings. The van der Waals surface area contributed by atoms with Crippen molar-refractivity contribution in [2.24, 2.45) is 0 Å². The van der Waals surface area contributed by atoms with Gasteiger partial charge >= 0.3 is 0 Å². The smallest absolute Gasteiger partial charge is 0.254 e. The number of aryl methyl sites for hydroxylation is 1. The molecule has 5 heteroatoms. The lowest BCUT2D eigenvalue weighted by Crippen LogP contribution is -2.46. The number of carbonyl (C=O) groups is 1. The number of fused-ring (bicyclic) bond motifs is 1. The second kappa shape index (κ2) is 7.14. The van der Waals surface area contributed by atoms with Crippen LogP contribution < -0.4 is 5.32 Å². The number of aromatic nitrogens is 2. The van der Waals surface area contributed by atoms with Crippen LogP contribution in [-0.4, -0.2) is 47.2 Å². The molecule has 1 saturated heterocycles. The van der Waals surface area contributed by atoms with Gasteiger partial charge in [-0.05, 0) is 36.3 Å². The van der Waals surface area contributed by atoms with Gasteiger partial charge in [0.25, 0.3) is 5.91 Å².